The lowest BCUT2D eigenvalue weighted by Crippen LogP contribution is -2.23. The summed E-state index contributed by atoms with van der Waals surface area (Å²) in [5.74, 6) is 0. The lowest BCUT2D eigenvalue weighted by molar-refractivity contribution is 0.861. The Morgan fingerprint density at radius 2 is 2.06 bits per heavy atom. The Bertz CT molecular complexity index is 555. The molecule has 0 atom stereocenters. The first-order valence-corrected chi connectivity index (χ1v) is 7.00. The molecule has 0 saturated heterocycles. The van der Waals surface area contributed by atoms with Crippen molar-refractivity contribution in [1.82, 2.24) is 4.98 Å². The molecule has 2 rings (SSSR count). The van der Waals surface area contributed by atoms with Gasteiger partial charge in [-0.1, -0.05) is 11.3 Å². The first-order valence-electron chi connectivity index (χ1n) is 5.31. The van der Waals surface area contributed by atoms with Gasteiger partial charge in [-0.3, -0.25) is 4.79 Å². The zero-order valence-electron chi connectivity index (χ0n) is 9.61. The molecule has 0 unspecified atom stereocenters. The van der Waals surface area contributed by atoms with E-state index in [1.54, 1.807) is 11.3 Å². The number of nitrogens with zero attached hydrogens (tertiary/aromatic N) is 2. The van der Waals surface area contributed by atoms with Gasteiger partial charge in [0.15, 0.2) is 5.13 Å². The number of fused-ring (bicyclic) bond motifs is 1. The van der Waals surface area contributed by atoms with Gasteiger partial charge in [0.25, 0.3) is 0 Å². The van der Waals surface area contributed by atoms with Gasteiger partial charge in [0.2, 0.25) is 4.74 Å². The molecular weight excluding hydrogens is 240 g/mol. The summed E-state index contributed by atoms with van der Waals surface area (Å²) >= 11 is 2.80. The molecule has 0 spiro atoms. The van der Waals surface area contributed by atoms with Crippen LogP contribution < -0.4 is 9.64 Å². The van der Waals surface area contributed by atoms with Crippen molar-refractivity contribution in [2.45, 2.75) is 20.8 Å². The largest absolute Gasteiger partial charge is 0.349 e. The molecule has 86 valence electrons. The van der Waals surface area contributed by atoms with E-state index in [1.165, 1.54) is 11.3 Å². The predicted octanol–water partition coefficient (Wildman–Crippen LogP) is 2.87. The maximum absolute atomic E-state index is 12.0. The van der Waals surface area contributed by atoms with E-state index in [9.17, 15) is 4.79 Å². The number of aryl methyl sites for hydroxylation is 1. The van der Waals surface area contributed by atoms with E-state index in [0.717, 1.165) is 34.0 Å². The van der Waals surface area contributed by atoms with Crippen molar-refractivity contribution in [2.75, 3.05) is 18.0 Å². The topological polar surface area (TPSA) is 33.2 Å². The summed E-state index contributed by atoms with van der Waals surface area (Å²) in [7, 11) is 0. The van der Waals surface area contributed by atoms with Crippen molar-refractivity contribution in [1.29, 1.82) is 0 Å². The van der Waals surface area contributed by atoms with E-state index >= 15 is 0 Å². The third-order valence-electron chi connectivity index (χ3n) is 2.57. The van der Waals surface area contributed by atoms with Crippen LogP contribution in [0, 0.1) is 6.92 Å². The van der Waals surface area contributed by atoms with Crippen molar-refractivity contribution in [3.05, 3.63) is 20.5 Å². The zero-order chi connectivity index (χ0) is 11.7. The van der Waals surface area contributed by atoms with Gasteiger partial charge >= 0.3 is 0 Å². The number of thiophene rings is 1. The van der Waals surface area contributed by atoms with Gasteiger partial charge in [-0.25, -0.2) is 4.98 Å². The second-order valence-corrected chi connectivity index (χ2v) is 5.35. The van der Waals surface area contributed by atoms with E-state index in [4.69, 9.17) is 0 Å². The van der Waals surface area contributed by atoms with Crippen LogP contribution in [0.25, 0.3) is 10.2 Å². The molecule has 0 bridgehead atoms. The summed E-state index contributed by atoms with van der Waals surface area (Å²) in [6.45, 7) is 7.88. The predicted molar refractivity (Wildman–Crippen MR) is 72.1 cm³/mol. The molecule has 0 aliphatic heterocycles. The van der Waals surface area contributed by atoms with E-state index in [1.807, 2.05) is 12.3 Å². The molecule has 0 amide bonds. The van der Waals surface area contributed by atoms with E-state index < -0.39 is 0 Å². The molecule has 2 aromatic heterocycles. The second kappa shape index (κ2) is 4.51. The van der Waals surface area contributed by atoms with Crippen LogP contribution >= 0.6 is 22.7 Å². The molecule has 0 saturated carbocycles. The average molecular weight is 254 g/mol. The quantitative estimate of drug-likeness (QED) is 0.844. The highest BCUT2D eigenvalue weighted by molar-refractivity contribution is 7.18. The van der Waals surface area contributed by atoms with Crippen LogP contribution in [0.3, 0.4) is 0 Å². The summed E-state index contributed by atoms with van der Waals surface area (Å²) in [6, 6.07) is 0. The number of hydrogen-bond acceptors (Lipinski definition) is 5. The first kappa shape index (κ1) is 11.5. The number of rotatable bonds is 3. The summed E-state index contributed by atoms with van der Waals surface area (Å²) in [6.07, 6.45) is 0. The Morgan fingerprint density at radius 1 is 1.38 bits per heavy atom. The molecule has 0 aliphatic carbocycles. The minimum absolute atomic E-state index is 0.130. The molecule has 2 aromatic rings. The summed E-state index contributed by atoms with van der Waals surface area (Å²) in [5.41, 5.74) is 1.04. The Morgan fingerprint density at radius 3 is 2.69 bits per heavy atom. The van der Waals surface area contributed by atoms with E-state index in [2.05, 4.69) is 23.7 Å². The van der Waals surface area contributed by atoms with Crippen molar-refractivity contribution in [3.63, 3.8) is 0 Å². The van der Waals surface area contributed by atoms with Crippen LogP contribution in [0.5, 0.6) is 0 Å². The van der Waals surface area contributed by atoms with E-state index in [-0.39, 0.29) is 4.74 Å². The van der Waals surface area contributed by atoms with Crippen LogP contribution in [0.1, 0.15) is 19.4 Å². The monoisotopic (exact) mass is 254 g/mol. The molecule has 0 fully saturated rings. The fraction of sp³-hybridized carbons (Fsp3) is 0.455. The number of anilines is 1. The van der Waals surface area contributed by atoms with Gasteiger partial charge in [0, 0.05) is 13.1 Å². The molecule has 0 aliphatic rings. The Kier molecular flexibility index (Phi) is 3.25. The minimum Gasteiger partial charge on any atom is -0.349 e. The third kappa shape index (κ3) is 1.85. The molecule has 0 aromatic carbocycles. The highest BCUT2D eigenvalue weighted by atomic mass is 32.1. The molecule has 0 N–H and O–H groups in total. The maximum Gasteiger partial charge on any atom is 0.246 e. The van der Waals surface area contributed by atoms with Gasteiger partial charge in [-0.15, -0.1) is 11.3 Å². The number of aromatic nitrogens is 1. The molecular formula is C11H14N2OS2. The lowest BCUT2D eigenvalue weighted by Gasteiger charge is -2.17. The van der Waals surface area contributed by atoms with Crippen LogP contribution in [-0.4, -0.2) is 18.1 Å². The summed E-state index contributed by atoms with van der Waals surface area (Å²) in [5, 5.41) is 3.63. The first-order chi connectivity index (χ1) is 7.67. The SMILES string of the molecule is CCN(CC)c1nc2scc(C)c2c(=O)s1. The van der Waals surface area contributed by atoms with Gasteiger partial charge in [-0.05, 0) is 31.7 Å². The highest BCUT2D eigenvalue weighted by Crippen LogP contribution is 2.25. The van der Waals surface area contributed by atoms with Gasteiger partial charge in [0.1, 0.15) is 4.83 Å². The van der Waals surface area contributed by atoms with Crippen molar-refractivity contribution in [2.24, 2.45) is 0 Å². The maximum atomic E-state index is 12.0. The Labute approximate surface area is 102 Å². The van der Waals surface area contributed by atoms with Gasteiger partial charge < -0.3 is 4.90 Å². The van der Waals surface area contributed by atoms with Gasteiger partial charge in [-0.2, -0.15) is 0 Å². The molecule has 3 nitrogen and oxygen atoms in total. The van der Waals surface area contributed by atoms with Crippen molar-refractivity contribution in [3.8, 4) is 0 Å². The molecule has 0 radical (unpaired) electrons. The lowest BCUT2D eigenvalue weighted by atomic mass is 10.3. The number of hydrogen-bond donors (Lipinski definition) is 0. The van der Waals surface area contributed by atoms with Crippen LogP contribution in [-0.2, 0) is 0 Å². The van der Waals surface area contributed by atoms with Crippen LogP contribution in [0.15, 0.2) is 10.2 Å². The minimum atomic E-state index is 0.130. The van der Waals surface area contributed by atoms with Crippen molar-refractivity contribution < 1.29 is 0 Å². The fourth-order valence-electron chi connectivity index (χ4n) is 1.63. The fourth-order valence-corrected chi connectivity index (χ4v) is 3.72. The van der Waals surface area contributed by atoms with Crippen molar-refractivity contribution >= 4 is 38.0 Å². The van der Waals surface area contributed by atoms with Gasteiger partial charge in [0.05, 0.1) is 5.39 Å². The smallest absolute Gasteiger partial charge is 0.246 e. The standard InChI is InChI=1S/C11H14N2OS2/c1-4-13(5-2)11-12-9-8(10(14)16-11)7(3)6-15-9/h6H,4-5H2,1-3H3. The molecule has 16 heavy (non-hydrogen) atoms. The summed E-state index contributed by atoms with van der Waals surface area (Å²) in [4.78, 5) is 19.5. The average Bonchev–Trinajstić information content (AvgIpc) is 2.62. The Hall–Kier alpha value is -0.940. The highest BCUT2D eigenvalue weighted by Gasteiger charge is 2.11. The van der Waals surface area contributed by atoms with E-state index in [0.29, 0.717) is 0 Å². The van der Waals surface area contributed by atoms with Crippen LogP contribution in [0.4, 0.5) is 5.13 Å². The van der Waals surface area contributed by atoms with Crippen LogP contribution in [0.2, 0.25) is 0 Å². The summed E-state index contributed by atoms with van der Waals surface area (Å²) < 4.78 is 0.130. The zero-order valence-corrected chi connectivity index (χ0v) is 11.2. The normalized spacial score (nSPS) is 10.9. The molecule has 2 heterocycles. The third-order valence-corrected chi connectivity index (χ3v) is 4.49. The molecule has 5 heteroatoms. The second-order valence-electron chi connectivity index (χ2n) is 3.56. The Balaban J connectivity index is 2.63.